The van der Waals surface area contributed by atoms with Crippen LogP contribution in [-0.4, -0.2) is 45.4 Å². The van der Waals surface area contributed by atoms with E-state index in [2.05, 4.69) is 37.8 Å². The number of nitrogens with zero attached hydrogens (tertiary/aromatic N) is 4. The number of anilines is 1. The highest BCUT2D eigenvalue weighted by Crippen LogP contribution is 2.18. The fraction of sp³-hybridized carbons (Fsp3) is 0.280. The zero-order valence-corrected chi connectivity index (χ0v) is 18.7. The molecule has 2 N–H and O–H groups in total. The number of rotatable bonds is 11. The third-order valence-corrected chi connectivity index (χ3v) is 5.23. The first-order valence-electron chi connectivity index (χ1n) is 11.2. The number of hydrogen-bond donors (Lipinski definition) is 2. The number of benzene rings is 2. The molecule has 2 aromatic heterocycles. The molecule has 0 fully saturated rings. The number of carbonyl (C=O) groups is 1. The normalized spacial score (nSPS) is 10.8. The summed E-state index contributed by atoms with van der Waals surface area (Å²) in [7, 11) is 0. The molecular formula is C25H28N6O2. The van der Waals surface area contributed by atoms with Crippen LogP contribution in [0, 0.1) is 0 Å². The molecule has 2 aromatic carbocycles. The summed E-state index contributed by atoms with van der Waals surface area (Å²) in [6, 6.07) is 17.9. The van der Waals surface area contributed by atoms with Gasteiger partial charge in [0.2, 0.25) is 5.91 Å². The molecule has 8 nitrogen and oxygen atoms in total. The van der Waals surface area contributed by atoms with Crippen LogP contribution < -0.4 is 15.4 Å². The highest BCUT2D eigenvalue weighted by Gasteiger charge is 2.10. The average Bonchev–Trinajstić information content (AvgIpc) is 3.25. The maximum atomic E-state index is 12.3. The van der Waals surface area contributed by atoms with Gasteiger partial charge in [-0.1, -0.05) is 42.5 Å². The van der Waals surface area contributed by atoms with E-state index in [1.807, 2.05) is 49.4 Å². The molecule has 0 aliphatic carbocycles. The number of amides is 1. The van der Waals surface area contributed by atoms with Crippen molar-refractivity contribution in [1.29, 1.82) is 0 Å². The number of ether oxygens (including phenoxy) is 1. The third kappa shape index (κ3) is 6.06. The number of fused-ring (bicyclic) bond motifs is 1. The zero-order valence-electron chi connectivity index (χ0n) is 18.7. The van der Waals surface area contributed by atoms with E-state index in [-0.39, 0.29) is 5.91 Å². The highest BCUT2D eigenvalue weighted by molar-refractivity contribution is 5.86. The van der Waals surface area contributed by atoms with E-state index in [9.17, 15) is 4.79 Å². The Hall–Kier alpha value is -3.94. The maximum Gasteiger partial charge on any atom is 0.224 e. The fourth-order valence-corrected chi connectivity index (χ4v) is 3.59. The van der Waals surface area contributed by atoms with E-state index in [0.29, 0.717) is 26.1 Å². The molecule has 4 aromatic rings. The molecule has 170 valence electrons. The van der Waals surface area contributed by atoms with Gasteiger partial charge in [0.25, 0.3) is 0 Å². The van der Waals surface area contributed by atoms with Gasteiger partial charge in [-0.25, -0.2) is 14.6 Å². The smallest absolute Gasteiger partial charge is 0.224 e. The lowest BCUT2D eigenvalue weighted by molar-refractivity contribution is -0.120. The van der Waals surface area contributed by atoms with Crippen LogP contribution in [0.5, 0.6) is 5.75 Å². The first kappa shape index (κ1) is 22.3. The van der Waals surface area contributed by atoms with Gasteiger partial charge in [0.05, 0.1) is 31.2 Å². The van der Waals surface area contributed by atoms with Crippen molar-refractivity contribution >= 4 is 22.8 Å². The summed E-state index contributed by atoms with van der Waals surface area (Å²) >= 11 is 0. The molecule has 0 radical (unpaired) electrons. The fourth-order valence-electron chi connectivity index (χ4n) is 3.59. The second kappa shape index (κ2) is 11.1. The zero-order chi connectivity index (χ0) is 22.9. The Labute approximate surface area is 193 Å². The SMILES string of the molecule is CCOc1ccc(CC(=O)NCCn2ncc3c(NCCc4ccccc4)ncnc32)cc1. The number of hydrogen-bond acceptors (Lipinski definition) is 6. The van der Waals surface area contributed by atoms with E-state index in [4.69, 9.17) is 4.74 Å². The van der Waals surface area contributed by atoms with E-state index in [0.717, 1.165) is 41.1 Å². The molecule has 0 saturated carbocycles. The minimum atomic E-state index is -0.0338. The molecular weight excluding hydrogens is 416 g/mol. The van der Waals surface area contributed by atoms with Crippen molar-refractivity contribution in [1.82, 2.24) is 25.1 Å². The van der Waals surface area contributed by atoms with Crippen molar-refractivity contribution in [2.24, 2.45) is 0 Å². The maximum absolute atomic E-state index is 12.3. The van der Waals surface area contributed by atoms with Gasteiger partial charge in [-0.2, -0.15) is 5.10 Å². The molecule has 0 saturated heterocycles. The molecule has 2 heterocycles. The van der Waals surface area contributed by atoms with Crippen LogP contribution in [0.2, 0.25) is 0 Å². The summed E-state index contributed by atoms with van der Waals surface area (Å²) in [5.41, 5.74) is 2.96. The van der Waals surface area contributed by atoms with Gasteiger partial charge in [-0.05, 0) is 36.6 Å². The van der Waals surface area contributed by atoms with Crippen molar-refractivity contribution in [3.8, 4) is 5.75 Å². The predicted octanol–water partition coefficient (Wildman–Crippen LogP) is 3.24. The standard InChI is InChI=1S/C25H28N6O2/c1-2-33-21-10-8-20(9-11-21)16-23(32)26-14-15-31-25-22(17-30-31)24(28-18-29-25)27-13-12-19-6-4-3-5-7-19/h3-11,17-18H,2,12-16H2,1H3,(H,26,32)(H,27,28,29). The van der Waals surface area contributed by atoms with Crippen LogP contribution in [0.25, 0.3) is 11.0 Å². The first-order valence-corrected chi connectivity index (χ1v) is 11.2. The molecule has 0 aliphatic rings. The van der Waals surface area contributed by atoms with Crippen LogP contribution in [0.1, 0.15) is 18.1 Å². The van der Waals surface area contributed by atoms with Gasteiger partial charge in [0, 0.05) is 13.1 Å². The van der Waals surface area contributed by atoms with Gasteiger partial charge in [-0.15, -0.1) is 0 Å². The Kier molecular flexibility index (Phi) is 7.48. The Morgan fingerprint density at radius 3 is 2.61 bits per heavy atom. The number of carbonyl (C=O) groups excluding carboxylic acids is 1. The minimum Gasteiger partial charge on any atom is -0.494 e. The largest absolute Gasteiger partial charge is 0.494 e. The van der Waals surface area contributed by atoms with Gasteiger partial charge >= 0.3 is 0 Å². The Morgan fingerprint density at radius 1 is 1.00 bits per heavy atom. The number of aromatic nitrogens is 4. The summed E-state index contributed by atoms with van der Waals surface area (Å²) in [6.45, 7) is 4.33. The molecule has 1 amide bonds. The van der Waals surface area contributed by atoms with Crippen LogP contribution >= 0.6 is 0 Å². The first-order chi connectivity index (χ1) is 16.2. The predicted molar refractivity (Wildman–Crippen MR) is 128 cm³/mol. The lowest BCUT2D eigenvalue weighted by atomic mass is 10.1. The lowest BCUT2D eigenvalue weighted by Crippen LogP contribution is -2.28. The highest BCUT2D eigenvalue weighted by atomic mass is 16.5. The second-order valence-electron chi connectivity index (χ2n) is 7.59. The van der Waals surface area contributed by atoms with Crippen molar-refractivity contribution in [2.75, 3.05) is 25.0 Å². The molecule has 0 spiro atoms. The molecule has 0 aliphatic heterocycles. The van der Waals surface area contributed by atoms with Gasteiger partial charge in [-0.3, -0.25) is 4.79 Å². The van der Waals surface area contributed by atoms with Gasteiger partial charge in [0.15, 0.2) is 5.65 Å². The van der Waals surface area contributed by atoms with Crippen LogP contribution in [0.15, 0.2) is 67.1 Å². The van der Waals surface area contributed by atoms with E-state index < -0.39 is 0 Å². The summed E-state index contributed by atoms with van der Waals surface area (Å²) in [5, 5.41) is 11.6. The van der Waals surface area contributed by atoms with Crippen LogP contribution in [-0.2, 0) is 24.2 Å². The van der Waals surface area contributed by atoms with Crippen molar-refractivity contribution < 1.29 is 9.53 Å². The Morgan fingerprint density at radius 2 is 1.82 bits per heavy atom. The second-order valence-corrected chi connectivity index (χ2v) is 7.59. The van der Waals surface area contributed by atoms with E-state index >= 15 is 0 Å². The molecule has 4 rings (SSSR count). The van der Waals surface area contributed by atoms with Gasteiger partial charge < -0.3 is 15.4 Å². The Balaban J connectivity index is 1.28. The summed E-state index contributed by atoms with van der Waals surface area (Å²) < 4.78 is 7.22. The quantitative estimate of drug-likeness (QED) is 0.369. The van der Waals surface area contributed by atoms with Crippen molar-refractivity contribution in [2.45, 2.75) is 26.3 Å². The third-order valence-electron chi connectivity index (χ3n) is 5.23. The van der Waals surface area contributed by atoms with Crippen LogP contribution in [0.3, 0.4) is 0 Å². The number of nitrogens with one attached hydrogen (secondary N) is 2. The van der Waals surface area contributed by atoms with Crippen molar-refractivity contribution in [3.63, 3.8) is 0 Å². The average molecular weight is 445 g/mol. The van der Waals surface area contributed by atoms with Crippen LogP contribution in [0.4, 0.5) is 5.82 Å². The van der Waals surface area contributed by atoms with E-state index in [1.165, 1.54) is 11.9 Å². The van der Waals surface area contributed by atoms with Gasteiger partial charge in [0.1, 0.15) is 17.9 Å². The lowest BCUT2D eigenvalue weighted by Gasteiger charge is -2.08. The monoisotopic (exact) mass is 444 g/mol. The minimum absolute atomic E-state index is 0.0338. The molecule has 8 heteroatoms. The van der Waals surface area contributed by atoms with E-state index in [1.54, 1.807) is 10.9 Å². The Bertz CT molecular complexity index is 1170. The summed E-state index contributed by atoms with van der Waals surface area (Å²) in [5.74, 6) is 1.54. The van der Waals surface area contributed by atoms with Crippen molar-refractivity contribution in [3.05, 3.63) is 78.2 Å². The summed E-state index contributed by atoms with van der Waals surface area (Å²) in [6.07, 6.45) is 4.53. The summed E-state index contributed by atoms with van der Waals surface area (Å²) in [4.78, 5) is 21.0. The topological polar surface area (TPSA) is 94.0 Å². The molecule has 0 atom stereocenters. The molecule has 33 heavy (non-hydrogen) atoms. The molecule has 0 bridgehead atoms. The molecule has 0 unspecified atom stereocenters.